The standard InChI is InChI=1S/C30H48O6/c1-8-13-23(11-4)19-35-28(31)25-15-16-26(29(32)34-18-22(7)21(6)10-3)27(17-25)30(33)36-20-24(12-5)14-9-2/h15-17,21-24H,8-14,18-20H2,1-7H3. The molecule has 1 aromatic carbocycles. The molecule has 0 aliphatic carbocycles. The van der Waals surface area contributed by atoms with Gasteiger partial charge in [0.15, 0.2) is 0 Å². The van der Waals surface area contributed by atoms with Crippen LogP contribution in [-0.2, 0) is 14.2 Å². The van der Waals surface area contributed by atoms with Crippen LogP contribution >= 0.6 is 0 Å². The Morgan fingerprint density at radius 3 is 1.64 bits per heavy atom. The van der Waals surface area contributed by atoms with Gasteiger partial charge in [0, 0.05) is 0 Å². The van der Waals surface area contributed by atoms with E-state index in [4.69, 9.17) is 14.2 Å². The maximum atomic E-state index is 13.1. The summed E-state index contributed by atoms with van der Waals surface area (Å²) in [5, 5.41) is 0. The second-order valence-electron chi connectivity index (χ2n) is 10.0. The van der Waals surface area contributed by atoms with Gasteiger partial charge in [0.05, 0.1) is 36.5 Å². The topological polar surface area (TPSA) is 78.9 Å². The maximum Gasteiger partial charge on any atom is 0.339 e. The third kappa shape index (κ3) is 10.3. The second kappa shape index (κ2) is 17.1. The predicted molar refractivity (Wildman–Crippen MR) is 143 cm³/mol. The summed E-state index contributed by atoms with van der Waals surface area (Å²) >= 11 is 0. The van der Waals surface area contributed by atoms with Crippen molar-refractivity contribution in [3.05, 3.63) is 34.9 Å². The Morgan fingerprint density at radius 2 is 1.14 bits per heavy atom. The number of hydrogen-bond donors (Lipinski definition) is 0. The van der Waals surface area contributed by atoms with Crippen LogP contribution in [-0.4, -0.2) is 37.7 Å². The molecule has 36 heavy (non-hydrogen) atoms. The van der Waals surface area contributed by atoms with Gasteiger partial charge < -0.3 is 14.2 Å². The summed E-state index contributed by atoms with van der Waals surface area (Å²) in [6.07, 6.45) is 6.77. The van der Waals surface area contributed by atoms with Gasteiger partial charge in [-0.05, 0) is 54.7 Å². The van der Waals surface area contributed by atoms with E-state index in [0.717, 1.165) is 44.9 Å². The minimum atomic E-state index is -0.626. The Labute approximate surface area is 218 Å². The molecule has 4 atom stereocenters. The van der Waals surface area contributed by atoms with Gasteiger partial charge in [0.25, 0.3) is 0 Å². The Balaban J connectivity index is 3.12. The summed E-state index contributed by atoms with van der Waals surface area (Å²) in [6, 6.07) is 4.39. The van der Waals surface area contributed by atoms with Crippen LogP contribution < -0.4 is 0 Å². The van der Waals surface area contributed by atoms with Crippen molar-refractivity contribution >= 4 is 17.9 Å². The summed E-state index contributed by atoms with van der Waals surface area (Å²) in [6.45, 7) is 15.5. The van der Waals surface area contributed by atoms with Crippen LogP contribution in [0.15, 0.2) is 18.2 Å². The van der Waals surface area contributed by atoms with Gasteiger partial charge in [-0.1, -0.05) is 80.6 Å². The fraction of sp³-hybridized carbons (Fsp3) is 0.700. The second-order valence-corrected chi connectivity index (χ2v) is 10.0. The number of benzene rings is 1. The first-order chi connectivity index (χ1) is 17.2. The molecule has 0 amide bonds. The lowest BCUT2D eigenvalue weighted by atomic mass is 9.94. The molecule has 204 valence electrons. The first-order valence-electron chi connectivity index (χ1n) is 13.9. The van der Waals surface area contributed by atoms with Crippen LogP contribution in [0.1, 0.15) is 124 Å². The number of carbonyl (C=O) groups is 3. The number of hydrogen-bond acceptors (Lipinski definition) is 6. The van der Waals surface area contributed by atoms with Gasteiger partial charge >= 0.3 is 17.9 Å². The van der Waals surface area contributed by atoms with Crippen molar-refractivity contribution in [2.75, 3.05) is 19.8 Å². The number of carbonyl (C=O) groups excluding carboxylic acids is 3. The van der Waals surface area contributed by atoms with Crippen molar-refractivity contribution in [1.82, 2.24) is 0 Å². The van der Waals surface area contributed by atoms with Crippen molar-refractivity contribution in [3.63, 3.8) is 0 Å². The molecular weight excluding hydrogens is 456 g/mol. The Kier molecular flexibility index (Phi) is 15.1. The highest BCUT2D eigenvalue weighted by atomic mass is 16.5. The third-order valence-electron chi connectivity index (χ3n) is 7.24. The van der Waals surface area contributed by atoms with E-state index in [1.807, 2.05) is 6.92 Å². The van der Waals surface area contributed by atoms with Crippen molar-refractivity contribution in [2.45, 2.75) is 93.4 Å². The van der Waals surface area contributed by atoms with E-state index in [9.17, 15) is 14.4 Å². The Morgan fingerprint density at radius 1 is 0.639 bits per heavy atom. The number of ether oxygens (including phenoxy) is 3. The van der Waals surface area contributed by atoms with Gasteiger partial charge in [0.2, 0.25) is 0 Å². The van der Waals surface area contributed by atoms with Gasteiger partial charge in [-0.25, -0.2) is 14.4 Å². The molecule has 0 bridgehead atoms. The van der Waals surface area contributed by atoms with E-state index in [-0.39, 0.29) is 41.7 Å². The lowest BCUT2D eigenvalue weighted by molar-refractivity contribution is 0.0370. The van der Waals surface area contributed by atoms with E-state index in [1.54, 1.807) is 0 Å². The van der Waals surface area contributed by atoms with Crippen LogP contribution in [0.2, 0.25) is 0 Å². The lowest BCUT2D eigenvalue weighted by Gasteiger charge is -2.19. The van der Waals surface area contributed by atoms with Crippen molar-refractivity contribution in [1.29, 1.82) is 0 Å². The zero-order chi connectivity index (χ0) is 27.1. The normalized spacial score (nSPS) is 14.4. The van der Waals surface area contributed by atoms with Gasteiger partial charge in [-0.2, -0.15) is 0 Å². The molecule has 1 aromatic rings. The molecule has 0 aromatic heterocycles. The molecule has 0 saturated carbocycles. The third-order valence-corrected chi connectivity index (χ3v) is 7.24. The summed E-state index contributed by atoms with van der Waals surface area (Å²) in [5.74, 6) is -0.578. The minimum Gasteiger partial charge on any atom is -0.462 e. The molecule has 4 unspecified atom stereocenters. The average molecular weight is 505 g/mol. The maximum absolute atomic E-state index is 13.1. The van der Waals surface area contributed by atoms with Crippen LogP contribution in [0.4, 0.5) is 0 Å². The fourth-order valence-electron chi connectivity index (χ4n) is 4.04. The molecule has 0 saturated heterocycles. The first kappa shape index (κ1) is 31.7. The summed E-state index contributed by atoms with van der Waals surface area (Å²) in [5.41, 5.74) is 0.366. The van der Waals surface area contributed by atoms with Crippen LogP contribution in [0.5, 0.6) is 0 Å². The Bertz CT molecular complexity index is 818. The van der Waals surface area contributed by atoms with Gasteiger partial charge in [-0.15, -0.1) is 0 Å². The van der Waals surface area contributed by atoms with Crippen molar-refractivity contribution in [3.8, 4) is 0 Å². The predicted octanol–water partition coefficient (Wildman–Crippen LogP) is 7.49. The quantitative estimate of drug-likeness (QED) is 0.161. The smallest absolute Gasteiger partial charge is 0.339 e. The molecule has 6 heteroatoms. The fourth-order valence-corrected chi connectivity index (χ4v) is 4.04. The SMILES string of the molecule is CCCC(CC)COC(=O)c1ccc(C(=O)OCC(C)C(C)CC)c(C(=O)OCC(CC)CCC)c1. The molecule has 0 aliphatic rings. The highest BCUT2D eigenvalue weighted by Gasteiger charge is 2.24. The van der Waals surface area contributed by atoms with Gasteiger partial charge in [-0.3, -0.25) is 0 Å². The molecule has 0 radical (unpaired) electrons. The molecule has 0 fully saturated rings. The number of esters is 3. The molecular formula is C30H48O6. The zero-order valence-electron chi connectivity index (χ0n) is 23.6. The summed E-state index contributed by atoms with van der Waals surface area (Å²) < 4.78 is 16.7. The molecule has 0 N–H and O–H groups in total. The molecule has 0 spiro atoms. The molecule has 0 heterocycles. The summed E-state index contributed by atoms with van der Waals surface area (Å²) in [7, 11) is 0. The van der Waals surface area contributed by atoms with E-state index in [1.165, 1.54) is 18.2 Å². The molecule has 1 rings (SSSR count). The largest absolute Gasteiger partial charge is 0.462 e. The number of rotatable bonds is 17. The monoisotopic (exact) mass is 504 g/mol. The highest BCUT2D eigenvalue weighted by Crippen LogP contribution is 2.21. The first-order valence-corrected chi connectivity index (χ1v) is 13.9. The Hall–Kier alpha value is -2.37. The van der Waals surface area contributed by atoms with Gasteiger partial charge in [0.1, 0.15) is 0 Å². The van der Waals surface area contributed by atoms with Crippen molar-refractivity contribution < 1.29 is 28.6 Å². The minimum absolute atomic E-state index is 0.0394. The zero-order valence-corrected chi connectivity index (χ0v) is 23.6. The van der Waals surface area contributed by atoms with Crippen LogP contribution in [0, 0.1) is 23.7 Å². The van der Waals surface area contributed by atoms with E-state index < -0.39 is 17.9 Å². The molecule has 0 aliphatic heterocycles. The van der Waals surface area contributed by atoms with E-state index >= 15 is 0 Å². The summed E-state index contributed by atoms with van der Waals surface area (Å²) in [4.78, 5) is 38.8. The van der Waals surface area contributed by atoms with E-state index in [0.29, 0.717) is 18.4 Å². The average Bonchev–Trinajstić information content (AvgIpc) is 2.90. The van der Waals surface area contributed by atoms with Crippen LogP contribution in [0.3, 0.4) is 0 Å². The van der Waals surface area contributed by atoms with Crippen molar-refractivity contribution in [2.24, 2.45) is 23.7 Å². The van der Waals surface area contributed by atoms with Crippen LogP contribution in [0.25, 0.3) is 0 Å². The molecule has 6 nitrogen and oxygen atoms in total. The lowest BCUT2D eigenvalue weighted by Crippen LogP contribution is -2.21. The van der Waals surface area contributed by atoms with E-state index in [2.05, 4.69) is 41.5 Å². The highest BCUT2D eigenvalue weighted by molar-refractivity contribution is 6.05.